The third kappa shape index (κ3) is 2.65. The third-order valence-corrected chi connectivity index (χ3v) is 4.99. The molecule has 0 aliphatic carbocycles. The van der Waals surface area contributed by atoms with Gasteiger partial charge in [0.1, 0.15) is 17.0 Å². The van der Waals surface area contributed by atoms with Crippen LogP contribution >= 0.6 is 11.3 Å². The summed E-state index contributed by atoms with van der Waals surface area (Å²) in [5.74, 6) is 0.855. The second-order valence-corrected chi connectivity index (χ2v) is 6.72. The molecule has 0 bridgehead atoms. The van der Waals surface area contributed by atoms with Crippen LogP contribution in [0.3, 0.4) is 0 Å². The van der Waals surface area contributed by atoms with Gasteiger partial charge in [-0.25, -0.2) is 9.97 Å². The van der Waals surface area contributed by atoms with Crippen LogP contribution in [0, 0.1) is 13.8 Å². The van der Waals surface area contributed by atoms with Crippen LogP contribution in [0.25, 0.3) is 21.3 Å². The van der Waals surface area contributed by atoms with Gasteiger partial charge in [0.2, 0.25) is 0 Å². The number of thiophene rings is 1. The molecule has 0 saturated carbocycles. The molecule has 3 nitrogen and oxygen atoms in total. The SMILES string of the molecule is Cc1ccc(C)c(Nc2ncnc3scc(-c4ccccc4)c23)c1. The van der Waals surface area contributed by atoms with E-state index in [2.05, 4.69) is 77.0 Å². The lowest BCUT2D eigenvalue weighted by molar-refractivity contribution is 1.22. The molecule has 4 rings (SSSR count). The van der Waals surface area contributed by atoms with E-state index >= 15 is 0 Å². The van der Waals surface area contributed by atoms with Crippen LogP contribution < -0.4 is 5.32 Å². The van der Waals surface area contributed by atoms with E-state index < -0.39 is 0 Å². The Bertz CT molecular complexity index is 1010. The molecule has 2 heterocycles. The first-order chi connectivity index (χ1) is 11.7. The fourth-order valence-electron chi connectivity index (χ4n) is 2.80. The van der Waals surface area contributed by atoms with Crippen molar-refractivity contribution >= 4 is 33.1 Å². The van der Waals surface area contributed by atoms with Crippen LogP contribution in [0.5, 0.6) is 0 Å². The second-order valence-electron chi connectivity index (χ2n) is 5.86. The largest absolute Gasteiger partial charge is 0.339 e. The van der Waals surface area contributed by atoms with Gasteiger partial charge in [0.25, 0.3) is 0 Å². The Balaban J connectivity index is 1.87. The Morgan fingerprint density at radius 2 is 1.79 bits per heavy atom. The van der Waals surface area contributed by atoms with E-state index in [0.29, 0.717) is 0 Å². The van der Waals surface area contributed by atoms with Gasteiger partial charge in [-0.3, -0.25) is 0 Å². The van der Waals surface area contributed by atoms with Crippen molar-refractivity contribution in [3.8, 4) is 11.1 Å². The van der Waals surface area contributed by atoms with Gasteiger partial charge in [-0.1, -0.05) is 42.5 Å². The molecule has 2 aromatic heterocycles. The quantitative estimate of drug-likeness (QED) is 0.522. The van der Waals surface area contributed by atoms with Crippen LogP contribution in [-0.2, 0) is 0 Å². The summed E-state index contributed by atoms with van der Waals surface area (Å²) in [6.45, 7) is 4.20. The molecule has 0 fully saturated rings. The average Bonchev–Trinajstić information content (AvgIpc) is 3.04. The molecule has 118 valence electrons. The van der Waals surface area contributed by atoms with Gasteiger partial charge in [-0.15, -0.1) is 11.3 Å². The Labute approximate surface area is 145 Å². The number of aryl methyl sites for hydroxylation is 2. The number of nitrogens with one attached hydrogen (secondary N) is 1. The molecular formula is C20H17N3S. The number of hydrogen-bond donors (Lipinski definition) is 1. The molecule has 0 unspecified atom stereocenters. The van der Waals surface area contributed by atoms with E-state index in [-0.39, 0.29) is 0 Å². The minimum atomic E-state index is 0.855. The highest BCUT2D eigenvalue weighted by Gasteiger charge is 2.13. The van der Waals surface area contributed by atoms with Gasteiger partial charge >= 0.3 is 0 Å². The molecule has 0 saturated heterocycles. The molecule has 0 spiro atoms. The van der Waals surface area contributed by atoms with Crippen molar-refractivity contribution < 1.29 is 0 Å². The molecule has 0 aliphatic heterocycles. The standard InChI is InChI=1S/C20H17N3S/c1-13-8-9-14(2)17(10-13)23-19-18-16(15-6-4-3-5-7-15)11-24-20(18)22-12-21-19/h3-12H,1-2H3,(H,21,22,23). The predicted molar refractivity (Wildman–Crippen MR) is 102 cm³/mol. The lowest BCUT2D eigenvalue weighted by Crippen LogP contribution is -1.98. The summed E-state index contributed by atoms with van der Waals surface area (Å²) in [5.41, 5.74) is 5.86. The minimum absolute atomic E-state index is 0.855. The van der Waals surface area contributed by atoms with E-state index in [4.69, 9.17) is 0 Å². The maximum Gasteiger partial charge on any atom is 0.143 e. The zero-order valence-electron chi connectivity index (χ0n) is 13.6. The van der Waals surface area contributed by atoms with Gasteiger partial charge in [0.05, 0.1) is 5.39 Å². The summed E-state index contributed by atoms with van der Waals surface area (Å²) in [6.07, 6.45) is 1.63. The first-order valence-corrected chi connectivity index (χ1v) is 8.72. The topological polar surface area (TPSA) is 37.8 Å². The number of aromatic nitrogens is 2. The van der Waals surface area contributed by atoms with Crippen molar-refractivity contribution in [2.45, 2.75) is 13.8 Å². The number of nitrogens with zero attached hydrogens (tertiary/aromatic N) is 2. The molecule has 24 heavy (non-hydrogen) atoms. The van der Waals surface area contributed by atoms with E-state index in [9.17, 15) is 0 Å². The smallest absolute Gasteiger partial charge is 0.143 e. The maximum absolute atomic E-state index is 4.52. The molecule has 4 heteroatoms. The molecule has 4 aromatic rings. The van der Waals surface area contributed by atoms with E-state index in [1.807, 2.05) is 6.07 Å². The van der Waals surface area contributed by atoms with E-state index in [1.165, 1.54) is 22.3 Å². The van der Waals surface area contributed by atoms with Gasteiger partial charge in [0.15, 0.2) is 0 Å². The number of fused-ring (bicyclic) bond motifs is 1. The van der Waals surface area contributed by atoms with Crippen molar-refractivity contribution in [2.75, 3.05) is 5.32 Å². The number of hydrogen-bond acceptors (Lipinski definition) is 4. The van der Waals surface area contributed by atoms with Crippen molar-refractivity contribution in [1.29, 1.82) is 0 Å². The summed E-state index contributed by atoms with van der Waals surface area (Å²) in [6, 6.07) is 16.8. The number of rotatable bonds is 3. The molecule has 2 aromatic carbocycles. The van der Waals surface area contributed by atoms with Crippen LogP contribution in [0.1, 0.15) is 11.1 Å². The normalized spacial score (nSPS) is 10.9. The maximum atomic E-state index is 4.52. The van der Waals surface area contributed by atoms with Crippen LogP contribution in [0.2, 0.25) is 0 Å². The lowest BCUT2D eigenvalue weighted by Gasteiger charge is -2.11. The molecule has 1 N–H and O–H groups in total. The monoisotopic (exact) mass is 331 g/mol. The Hall–Kier alpha value is -2.72. The molecular weight excluding hydrogens is 314 g/mol. The first kappa shape index (κ1) is 14.8. The summed E-state index contributed by atoms with van der Waals surface area (Å²) in [4.78, 5) is 9.95. The van der Waals surface area contributed by atoms with Gasteiger partial charge in [-0.05, 0) is 36.6 Å². The van der Waals surface area contributed by atoms with Gasteiger partial charge in [-0.2, -0.15) is 0 Å². The predicted octanol–water partition coefficient (Wildman–Crippen LogP) is 5.72. The Kier molecular flexibility index (Phi) is 3.75. The lowest BCUT2D eigenvalue weighted by atomic mass is 10.1. The number of anilines is 2. The van der Waals surface area contributed by atoms with Crippen LogP contribution in [-0.4, -0.2) is 9.97 Å². The Morgan fingerprint density at radius 3 is 2.62 bits per heavy atom. The minimum Gasteiger partial charge on any atom is -0.339 e. The van der Waals surface area contributed by atoms with E-state index in [1.54, 1.807) is 17.7 Å². The molecule has 0 aliphatic rings. The third-order valence-electron chi connectivity index (χ3n) is 4.10. The van der Waals surface area contributed by atoms with Crippen molar-refractivity contribution in [1.82, 2.24) is 9.97 Å². The average molecular weight is 331 g/mol. The molecule has 0 atom stereocenters. The number of benzene rings is 2. The zero-order chi connectivity index (χ0) is 16.5. The fourth-order valence-corrected chi connectivity index (χ4v) is 3.71. The van der Waals surface area contributed by atoms with E-state index in [0.717, 1.165) is 21.7 Å². The highest BCUT2D eigenvalue weighted by atomic mass is 32.1. The van der Waals surface area contributed by atoms with Crippen LogP contribution in [0.4, 0.5) is 11.5 Å². The summed E-state index contributed by atoms with van der Waals surface area (Å²) < 4.78 is 0. The summed E-state index contributed by atoms with van der Waals surface area (Å²) in [7, 11) is 0. The molecule has 0 amide bonds. The van der Waals surface area contributed by atoms with Gasteiger partial charge in [0, 0.05) is 16.6 Å². The van der Waals surface area contributed by atoms with Crippen LogP contribution in [0.15, 0.2) is 60.2 Å². The van der Waals surface area contributed by atoms with Crippen molar-refractivity contribution in [2.24, 2.45) is 0 Å². The second kappa shape index (κ2) is 6.06. The highest BCUT2D eigenvalue weighted by Crippen LogP contribution is 2.37. The summed E-state index contributed by atoms with van der Waals surface area (Å²) >= 11 is 1.65. The first-order valence-electron chi connectivity index (χ1n) is 7.84. The van der Waals surface area contributed by atoms with Crippen molar-refractivity contribution in [3.63, 3.8) is 0 Å². The summed E-state index contributed by atoms with van der Waals surface area (Å²) in [5, 5.41) is 6.74. The fraction of sp³-hybridized carbons (Fsp3) is 0.100. The molecule has 0 radical (unpaired) electrons. The van der Waals surface area contributed by atoms with Crippen molar-refractivity contribution in [3.05, 3.63) is 71.4 Å². The highest BCUT2D eigenvalue weighted by molar-refractivity contribution is 7.17. The van der Waals surface area contributed by atoms with Gasteiger partial charge < -0.3 is 5.32 Å². The Morgan fingerprint density at radius 1 is 0.958 bits per heavy atom. The zero-order valence-corrected chi connectivity index (χ0v) is 14.4.